The summed E-state index contributed by atoms with van der Waals surface area (Å²) in [4.78, 5) is 19.5. The van der Waals surface area contributed by atoms with Gasteiger partial charge in [-0.05, 0) is 38.0 Å². The van der Waals surface area contributed by atoms with E-state index < -0.39 is 10.0 Å². The van der Waals surface area contributed by atoms with Gasteiger partial charge in [-0.25, -0.2) is 13.4 Å². The monoisotopic (exact) mass is 450 g/mol. The number of piperidine rings is 1. The molecule has 1 fully saturated rings. The lowest BCUT2D eigenvalue weighted by atomic mass is 10.1. The molecule has 2 aromatic rings. The first kappa shape index (κ1) is 23.7. The lowest BCUT2D eigenvalue weighted by Gasteiger charge is -2.32. The van der Waals surface area contributed by atoms with Crippen molar-refractivity contribution in [1.82, 2.24) is 18.8 Å². The van der Waals surface area contributed by atoms with E-state index >= 15 is 0 Å². The zero-order valence-electron chi connectivity index (χ0n) is 19.0. The zero-order chi connectivity index (χ0) is 22.6. The van der Waals surface area contributed by atoms with Gasteiger partial charge in [-0.3, -0.25) is 4.79 Å². The molecule has 0 spiro atoms. The fraction of sp³-hybridized carbons (Fsp3) is 0.636. The number of sulfonamides is 1. The summed E-state index contributed by atoms with van der Waals surface area (Å²) in [5.74, 6) is 0.889. The highest BCUT2D eigenvalue weighted by atomic mass is 32.2. The molecular weight excluding hydrogens is 416 g/mol. The van der Waals surface area contributed by atoms with Gasteiger partial charge in [-0.1, -0.05) is 13.8 Å². The second kappa shape index (κ2) is 10.1. The molecule has 1 saturated heterocycles. The van der Waals surface area contributed by atoms with Crippen LogP contribution >= 0.6 is 0 Å². The summed E-state index contributed by atoms with van der Waals surface area (Å²) in [6, 6.07) is 5.06. The summed E-state index contributed by atoms with van der Waals surface area (Å²) >= 11 is 0. The Bertz CT molecular complexity index is 1010. The molecule has 1 aromatic heterocycles. The molecular formula is C22H34N4O4S. The summed E-state index contributed by atoms with van der Waals surface area (Å²) in [5, 5.41) is 0. The van der Waals surface area contributed by atoms with E-state index in [2.05, 4.69) is 4.98 Å². The summed E-state index contributed by atoms with van der Waals surface area (Å²) in [7, 11) is -1.63. The highest BCUT2D eigenvalue weighted by Gasteiger charge is 2.25. The molecule has 0 N–H and O–H groups in total. The van der Waals surface area contributed by atoms with Crippen LogP contribution in [0, 0.1) is 0 Å². The lowest BCUT2D eigenvalue weighted by molar-refractivity contribution is -0.135. The Hall–Kier alpha value is -1.97. The number of likely N-dealkylation sites (tertiary alicyclic amines) is 1. The van der Waals surface area contributed by atoms with Gasteiger partial charge >= 0.3 is 0 Å². The highest BCUT2D eigenvalue weighted by Crippen LogP contribution is 2.23. The van der Waals surface area contributed by atoms with Gasteiger partial charge in [-0.15, -0.1) is 0 Å². The first-order chi connectivity index (χ1) is 14.8. The number of ether oxygens (including phenoxy) is 1. The van der Waals surface area contributed by atoms with Crippen LogP contribution in [0.25, 0.3) is 11.0 Å². The van der Waals surface area contributed by atoms with Crippen molar-refractivity contribution in [1.29, 1.82) is 0 Å². The van der Waals surface area contributed by atoms with Crippen molar-refractivity contribution in [3.05, 3.63) is 24.0 Å². The Morgan fingerprint density at radius 3 is 2.68 bits per heavy atom. The predicted octanol–water partition coefficient (Wildman–Crippen LogP) is 2.56. The second-order valence-electron chi connectivity index (χ2n) is 7.89. The molecule has 1 aliphatic rings. The van der Waals surface area contributed by atoms with E-state index in [9.17, 15) is 13.2 Å². The number of imidazole rings is 1. The SMILES string of the molecule is CCOC1CCCN(C(=O)CCc2nc3cc(S(=O)(=O)N(CC)CC)ccc3n2C)C1. The Kier molecular flexibility index (Phi) is 7.72. The number of hydrogen-bond acceptors (Lipinski definition) is 5. The maximum absolute atomic E-state index is 12.8. The van der Waals surface area contributed by atoms with Crippen LogP contribution in [0.2, 0.25) is 0 Å². The van der Waals surface area contributed by atoms with Crippen LogP contribution in [0.15, 0.2) is 23.1 Å². The van der Waals surface area contributed by atoms with E-state index in [0.717, 1.165) is 30.7 Å². The first-order valence-corrected chi connectivity index (χ1v) is 12.6. The maximum atomic E-state index is 12.8. The fourth-order valence-corrected chi connectivity index (χ4v) is 5.72. The zero-order valence-corrected chi connectivity index (χ0v) is 19.8. The average molecular weight is 451 g/mol. The van der Waals surface area contributed by atoms with E-state index in [1.165, 1.54) is 4.31 Å². The second-order valence-corrected chi connectivity index (χ2v) is 9.82. The number of aryl methyl sites for hydroxylation is 2. The molecule has 0 radical (unpaired) electrons. The third-order valence-electron chi connectivity index (χ3n) is 5.98. The number of hydrogen-bond donors (Lipinski definition) is 0. The van der Waals surface area contributed by atoms with Gasteiger partial charge in [-0.2, -0.15) is 4.31 Å². The molecule has 1 aromatic carbocycles. The Morgan fingerprint density at radius 2 is 2.00 bits per heavy atom. The molecule has 9 heteroatoms. The minimum absolute atomic E-state index is 0.112. The normalized spacial score (nSPS) is 17.6. The van der Waals surface area contributed by atoms with Gasteiger partial charge in [0.25, 0.3) is 0 Å². The minimum Gasteiger partial charge on any atom is -0.377 e. The van der Waals surface area contributed by atoms with Crippen molar-refractivity contribution < 1.29 is 17.9 Å². The van der Waals surface area contributed by atoms with Crippen LogP contribution in [-0.4, -0.2) is 72.0 Å². The number of carbonyl (C=O) groups excluding carboxylic acids is 1. The van der Waals surface area contributed by atoms with E-state index in [-0.39, 0.29) is 16.9 Å². The van der Waals surface area contributed by atoms with Crippen molar-refractivity contribution in [2.45, 2.75) is 57.5 Å². The van der Waals surface area contributed by atoms with Crippen molar-refractivity contribution in [3.63, 3.8) is 0 Å². The summed E-state index contributed by atoms with van der Waals surface area (Å²) < 4.78 is 34.7. The molecule has 1 atom stereocenters. The van der Waals surface area contributed by atoms with Gasteiger partial charge in [0.15, 0.2) is 0 Å². The molecule has 0 aliphatic carbocycles. The van der Waals surface area contributed by atoms with Crippen molar-refractivity contribution in [3.8, 4) is 0 Å². The fourth-order valence-electron chi connectivity index (χ4n) is 4.24. The maximum Gasteiger partial charge on any atom is 0.243 e. The predicted molar refractivity (Wildman–Crippen MR) is 120 cm³/mol. The van der Waals surface area contributed by atoms with E-state index in [4.69, 9.17) is 4.74 Å². The largest absolute Gasteiger partial charge is 0.377 e. The molecule has 31 heavy (non-hydrogen) atoms. The molecule has 3 rings (SSSR count). The molecule has 1 amide bonds. The molecule has 8 nitrogen and oxygen atoms in total. The summed E-state index contributed by atoms with van der Waals surface area (Å²) in [5.41, 5.74) is 1.49. The van der Waals surface area contributed by atoms with Gasteiger partial charge in [0.1, 0.15) is 5.82 Å². The van der Waals surface area contributed by atoms with Crippen LogP contribution in [0.5, 0.6) is 0 Å². The number of nitrogens with zero attached hydrogens (tertiary/aromatic N) is 4. The van der Waals surface area contributed by atoms with Crippen molar-refractivity contribution in [2.75, 3.05) is 32.8 Å². The molecule has 1 aliphatic heterocycles. The quantitative estimate of drug-likeness (QED) is 0.586. The molecule has 2 heterocycles. The molecule has 0 saturated carbocycles. The van der Waals surface area contributed by atoms with Crippen LogP contribution in [-0.2, 0) is 33.0 Å². The smallest absolute Gasteiger partial charge is 0.243 e. The van der Waals surface area contributed by atoms with Crippen molar-refractivity contribution >= 4 is 27.0 Å². The Labute approximate surface area is 185 Å². The van der Waals surface area contributed by atoms with Crippen LogP contribution < -0.4 is 0 Å². The topological polar surface area (TPSA) is 84.7 Å². The number of rotatable bonds is 9. The number of aromatic nitrogens is 2. The molecule has 1 unspecified atom stereocenters. The van der Waals surface area contributed by atoms with Gasteiger partial charge in [0.2, 0.25) is 15.9 Å². The Morgan fingerprint density at radius 1 is 1.26 bits per heavy atom. The van der Waals surface area contributed by atoms with E-state index in [1.54, 1.807) is 18.2 Å². The Balaban J connectivity index is 1.73. The third-order valence-corrected chi connectivity index (χ3v) is 8.03. The van der Waals surface area contributed by atoms with Gasteiger partial charge in [0.05, 0.1) is 22.0 Å². The van der Waals surface area contributed by atoms with Crippen LogP contribution in [0.3, 0.4) is 0 Å². The van der Waals surface area contributed by atoms with Crippen LogP contribution in [0.4, 0.5) is 0 Å². The first-order valence-electron chi connectivity index (χ1n) is 11.2. The number of carbonyl (C=O) groups is 1. The van der Waals surface area contributed by atoms with Crippen molar-refractivity contribution in [2.24, 2.45) is 7.05 Å². The minimum atomic E-state index is -3.54. The van der Waals surface area contributed by atoms with Crippen LogP contribution in [0.1, 0.15) is 45.9 Å². The number of benzene rings is 1. The summed E-state index contributed by atoms with van der Waals surface area (Å²) in [6.07, 6.45) is 2.98. The lowest BCUT2D eigenvalue weighted by Crippen LogP contribution is -2.43. The van der Waals surface area contributed by atoms with Gasteiger partial charge in [0, 0.05) is 52.7 Å². The standard InChI is InChI=1S/C22H34N4O4S/c1-5-26(6-2)31(28,29)18-10-11-20-19(15-18)23-21(24(20)4)12-13-22(27)25-14-8-9-17(16-25)30-7-3/h10-11,15,17H,5-9,12-14,16H2,1-4H3. The third kappa shape index (κ3) is 5.10. The number of amides is 1. The van der Waals surface area contributed by atoms with E-state index in [1.807, 2.05) is 37.3 Å². The number of fused-ring (bicyclic) bond motifs is 1. The molecule has 172 valence electrons. The summed E-state index contributed by atoms with van der Waals surface area (Å²) in [6.45, 7) is 8.58. The van der Waals surface area contributed by atoms with E-state index in [0.29, 0.717) is 44.6 Å². The average Bonchev–Trinajstić information content (AvgIpc) is 3.08. The van der Waals surface area contributed by atoms with Gasteiger partial charge < -0.3 is 14.2 Å². The molecule has 0 bridgehead atoms. The highest BCUT2D eigenvalue weighted by molar-refractivity contribution is 7.89.